The standard InChI is InChI=1S/C23H15BrCl2N2O2/c24-18-4-1-15(2-5-18)14-30-22-10-3-16(12-21(22)26)11-17(13-27)23(29)28-20-8-6-19(25)7-9-20/h1-12H,14H2,(H,28,29)/b17-11+. The summed E-state index contributed by atoms with van der Waals surface area (Å²) in [6.07, 6.45) is 1.47. The molecule has 0 radical (unpaired) electrons. The predicted octanol–water partition coefficient (Wildman–Crippen LogP) is 6.88. The first kappa shape index (κ1) is 21.9. The van der Waals surface area contributed by atoms with Crippen LogP contribution in [0.2, 0.25) is 10.0 Å². The van der Waals surface area contributed by atoms with Crippen LogP contribution >= 0.6 is 39.1 Å². The van der Waals surface area contributed by atoms with Gasteiger partial charge in [-0.1, -0.05) is 57.3 Å². The molecule has 0 aromatic heterocycles. The number of ether oxygens (including phenoxy) is 1. The molecule has 0 saturated heterocycles. The molecule has 0 saturated carbocycles. The summed E-state index contributed by atoms with van der Waals surface area (Å²) in [7, 11) is 0. The Morgan fingerprint density at radius 3 is 2.40 bits per heavy atom. The number of halogens is 3. The first-order chi connectivity index (χ1) is 14.4. The molecule has 0 unspecified atom stereocenters. The number of rotatable bonds is 6. The molecule has 3 rings (SSSR count). The Labute approximate surface area is 192 Å². The van der Waals surface area contributed by atoms with Crippen molar-refractivity contribution in [3.8, 4) is 11.8 Å². The van der Waals surface area contributed by atoms with Crippen molar-refractivity contribution in [1.82, 2.24) is 0 Å². The van der Waals surface area contributed by atoms with Crippen LogP contribution in [0.5, 0.6) is 5.75 Å². The predicted molar refractivity (Wildman–Crippen MR) is 124 cm³/mol. The van der Waals surface area contributed by atoms with Gasteiger partial charge in [-0.3, -0.25) is 4.79 Å². The fraction of sp³-hybridized carbons (Fsp3) is 0.0435. The molecular formula is C23H15BrCl2N2O2. The number of anilines is 1. The highest BCUT2D eigenvalue weighted by Crippen LogP contribution is 2.27. The summed E-state index contributed by atoms with van der Waals surface area (Å²) in [6, 6.07) is 21.4. The van der Waals surface area contributed by atoms with Crippen LogP contribution in [0.25, 0.3) is 6.08 Å². The van der Waals surface area contributed by atoms with Crippen LogP contribution in [-0.4, -0.2) is 5.91 Å². The van der Waals surface area contributed by atoms with Gasteiger partial charge in [-0.15, -0.1) is 0 Å². The van der Waals surface area contributed by atoms with Gasteiger partial charge in [0.2, 0.25) is 0 Å². The second-order valence-electron chi connectivity index (χ2n) is 6.24. The van der Waals surface area contributed by atoms with E-state index >= 15 is 0 Å². The van der Waals surface area contributed by atoms with Crippen molar-refractivity contribution < 1.29 is 9.53 Å². The number of nitrogens with zero attached hydrogens (tertiary/aromatic N) is 1. The molecular weight excluding hydrogens is 487 g/mol. The smallest absolute Gasteiger partial charge is 0.266 e. The monoisotopic (exact) mass is 500 g/mol. The van der Waals surface area contributed by atoms with Gasteiger partial charge in [-0.2, -0.15) is 5.26 Å². The van der Waals surface area contributed by atoms with E-state index in [9.17, 15) is 10.1 Å². The summed E-state index contributed by atoms with van der Waals surface area (Å²) in [4.78, 5) is 12.4. The number of benzene rings is 3. The highest BCUT2D eigenvalue weighted by molar-refractivity contribution is 9.10. The SMILES string of the molecule is N#C/C(=C\c1ccc(OCc2ccc(Br)cc2)c(Cl)c1)C(=O)Nc1ccc(Cl)cc1. The molecule has 0 aliphatic rings. The second-order valence-corrected chi connectivity index (χ2v) is 8.00. The van der Waals surface area contributed by atoms with Crippen molar-refractivity contribution in [3.63, 3.8) is 0 Å². The van der Waals surface area contributed by atoms with E-state index in [1.165, 1.54) is 6.08 Å². The number of nitriles is 1. The van der Waals surface area contributed by atoms with Gasteiger partial charge in [-0.25, -0.2) is 0 Å². The van der Waals surface area contributed by atoms with E-state index < -0.39 is 5.91 Å². The topological polar surface area (TPSA) is 62.1 Å². The third-order valence-corrected chi connectivity index (χ3v) is 5.12. The van der Waals surface area contributed by atoms with Gasteiger partial charge in [0.15, 0.2) is 0 Å². The summed E-state index contributed by atoms with van der Waals surface area (Å²) < 4.78 is 6.76. The molecule has 0 aliphatic heterocycles. The van der Waals surface area contributed by atoms with E-state index in [0.717, 1.165) is 10.0 Å². The summed E-state index contributed by atoms with van der Waals surface area (Å²) in [5.41, 5.74) is 2.10. The first-order valence-electron chi connectivity index (χ1n) is 8.80. The Balaban J connectivity index is 1.69. The normalized spacial score (nSPS) is 10.9. The molecule has 1 amide bonds. The summed E-state index contributed by atoms with van der Waals surface area (Å²) in [5, 5.41) is 13.0. The van der Waals surface area contributed by atoms with Gasteiger partial charge in [0.05, 0.1) is 5.02 Å². The lowest BCUT2D eigenvalue weighted by molar-refractivity contribution is -0.112. The quantitative estimate of drug-likeness (QED) is 0.295. The van der Waals surface area contributed by atoms with Crippen LogP contribution in [0.15, 0.2) is 76.8 Å². The Morgan fingerprint density at radius 2 is 1.77 bits per heavy atom. The maximum Gasteiger partial charge on any atom is 0.266 e. The zero-order valence-corrected chi connectivity index (χ0v) is 18.6. The second kappa shape index (κ2) is 10.3. The van der Waals surface area contributed by atoms with Gasteiger partial charge < -0.3 is 10.1 Å². The van der Waals surface area contributed by atoms with Crippen LogP contribution in [0.1, 0.15) is 11.1 Å². The maximum atomic E-state index is 12.4. The molecule has 3 aromatic rings. The minimum Gasteiger partial charge on any atom is -0.487 e. The van der Waals surface area contributed by atoms with Crippen LogP contribution in [0.4, 0.5) is 5.69 Å². The molecule has 0 bridgehead atoms. The van der Waals surface area contributed by atoms with Crippen LogP contribution < -0.4 is 10.1 Å². The van der Waals surface area contributed by atoms with Crippen LogP contribution in [0.3, 0.4) is 0 Å². The van der Waals surface area contributed by atoms with E-state index in [-0.39, 0.29) is 5.57 Å². The average molecular weight is 502 g/mol. The van der Waals surface area contributed by atoms with Gasteiger partial charge in [0.1, 0.15) is 24.0 Å². The number of nitrogens with one attached hydrogen (secondary N) is 1. The average Bonchev–Trinajstić information content (AvgIpc) is 2.74. The fourth-order valence-corrected chi connectivity index (χ4v) is 3.15. The molecule has 0 heterocycles. The number of carbonyl (C=O) groups is 1. The van der Waals surface area contributed by atoms with Gasteiger partial charge >= 0.3 is 0 Å². The van der Waals surface area contributed by atoms with Gasteiger partial charge in [-0.05, 0) is 65.7 Å². The minimum absolute atomic E-state index is 0.0513. The Morgan fingerprint density at radius 1 is 1.07 bits per heavy atom. The highest BCUT2D eigenvalue weighted by Gasteiger charge is 2.11. The van der Waals surface area contributed by atoms with Gasteiger partial charge in [0, 0.05) is 15.2 Å². The third-order valence-electron chi connectivity index (χ3n) is 4.04. The molecule has 0 spiro atoms. The highest BCUT2D eigenvalue weighted by atomic mass is 79.9. The Bertz CT molecular complexity index is 1120. The lowest BCUT2D eigenvalue weighted by Gasteiger charge is -2.09. The molecule has 30 heavy (non-hydrogen) atoms. The van der Waals surface area contributed by atoms with E-state index in [1.807, 2.05) is 30.3 Å². The number of carbonyl (C=O) groups excluding carboxylic acids is 1. The number of amides is 1. The lowest BCUT2D eigenvalue weighted by atomic mass is 10.1. The van der Waals surface area contributed by atoms with Crippen molar-refractivity contribution >= 4 is 56.8 Å². The van der Waals surface area contributed by atoms with E-state index in [0.29, 0.717) is 33.7 Å². The van der Waals surface area contributed by atoms with Crippen molar-refractivity contribution in [2.75, 3.05) is 5.32 Å². The summed E-state index contributed by atoms with van der Waals surface area (Å²) >= 11 is 15.5. The zero-order chi connectivity index (χ0) is 21.5. The lowest BCUT2D eigenvalue weighted by Crippen LogP contribution is -2.13. The van der Waals surface area contributed by atoms with E-state index in [1.54, 1.807) is 42.5 Å². The summed E-state index contributed by atoms with van der Waals surface area (Å²) in [6.45, 7) is 0.370. The molecule has 4 nitrogen and oxygen atoms in total. The van der Waals surface area contributed by atoms with Crippen molar-refractivity contribution in [1.29, 1.82) is 5.26 Å². The molecule has 0 atom stereocenters. The van der Waals surface area contributed by atoms with Crippen molar-refractivity contribution in [2.45, 2.75) is 6.61 Å². The molecule has 3 aromatic carbocycles. The largest absolute Gasteiger partial charge is 0.487 e. The molecule has 0 fully saturated rings. The minimum atomic E-state index is -0.522. The molecule has 1 N–H and O–H groups in total. The maximum absolute atomic E-state index is 12.4. The van der Waals surface area contributed by atoms with Gasteiger partial charge in [0.25, 0.3) is 5.91 Å². The van der Waals surface area contributed by atoms with Crippen LogP contribution in [-0.2, 0) is 11.4 Å². The van der Waals surface area contributed by atoms with E-state index in [2.05, 4.69) is 21.2 Å². The number of hydrogen-bond acceptors (Lipinski definition) is 3. The zero-order valence-electron chi connectivity index (χ0n) is 15.5. The fourth-order valence-electron chi connectivity index (χ4n) is 2.51. The Kier molecular flexibility index (Phi) is 7.53. The van der Waals surface area contributed by atoms with Crippen molar-refractivity contribution in [3.05, 3.63) is 97.9 Å². The first-order valence-corrected chi connectivity index (χ1v) is 10.3. The van der Waals surface area contributed by atoms with E-state index in [4.69, 9.17) is 27.9 Å². The summed E-state index contributed by atoms with van der Waals surface area (Å²) in [5.74, 6) is -0.00707. The number of hydrogen-bond donors (Lipinski definition) is 1. The molecule has 7 heteroatoms. The Hall–Kier alpha value is -2.78. The molecule has 0 aliphatic carbocycles. The third kappa shape index (κ3) is 6.11. The van der Waals surface area contributed by atoms with Crippen LogP contribution in [0, 0.1) is 11.3 Å². The molecule has 150 valence electrons. The van der Waals surface area contributed by atoms with Crippen molar-refractivity contribution in [2.24, 2.45) is 0 Å².